The van der Waals surface area contributed by atoms with Gasteiger partial charge in [0.2, 0.25) is 0 Å². The summed E-state index contributed by atoms with van der Waals surface area (Å²) < 4.78 is 5.83. The van der Waals surface area contributed by atoms with Crippen LogP contribution in [0.25, 0.3) is 0 Å². The molecule has 0 radical (unpaired) electrons. The second kappa shape index (κ2) is 9.19. The Morgan fingerprint density at radius 3 is 2.67 bits per heavy atom. The molecular weight excluding hydrogens is 260 g/mol. The van der Waals surface area contributed by atoms with E-state index in [-0.39, 0.29) is 0 Å². The Kier molecular flexibility index (Phi) is 7.20. The highest BCUT2D eigenvalue weighted by atomic mass is 16.5. The molecule has 1 saturated heterocycles. The molecule has 1 aromatic rings. The lowest BCUT2D eigenvalue weighted by atomic mass is 10.1. The van der Waals surface area contributed by atoms with Crippen molar-refractivity contribution in [1.29, 1.82) is 0 Å². The van der Waals surface area contributed by atoms with Crippen molar-refractivity contribution in [3.8, 4) is 0 Å². The minimum atomic E-state index is 0.733. The van der Waals surface area contributed by atoms with Crippen LogP contribution in [0, 0.1) is 0 Å². The van der Waals surface area contributed by atoms with E-state index in [0.717, 1.165) is 38.8 Å². The maximum Gasteiger partial charge on any atom is 0.0716 e. The quantitative estimate of drug-likeness (QED) is 0.707. The Morgan fingerprint density at radius 2 is 2.00 bits per heavy atom. The lowest BCUT2D eigenvalue weighted by Gasteiger charge is -2.19. The molecule has 3 heteroatoms. The van der Waals surface area contributed by atoms with Crippen LogP contribution in [0.15, 0.2) is 24.3 Å². The number of hydrogen-bond acceptors (Lipinski definition) is 3. The summed E-state index contributed by atoms with van der Waals surface area (Å²) in [4.78, 5) is 2.46. The average molecular weight is 290 g/mol. The molecule has 0 saturated carbocycles. The third-order valence-electron chi connectivity index (χ3n) is 4.31. The molecular formula is C18H30N2O. The van der Waals surface area contributed by atoms with Crippen LogP contribution in [-0.4, -0.2) is 37.7 Å². The normalized spacial score (nSPS) is 19.2. The minimum absolute atomic E-state index is 0.733. The van der Waals surface area contributed by atoms with E-state index in [1.807, 2.05) is 0 Å². The van der Waals surface area contributed by atoms with Crippen molar-refractivity contribution >= 4 is 0 Å². The molecule has 3 nitrogen and oxygen atoms in total. The number of hydrogen-bond donors (Lipinski definition) is 1. The van der Waals surface area contributed by atoms with Crippen LogP contribution < -0.4 is 5.32 Å². The lowest BCUT2D eigenvalue weighted by molar-refractivity contribution is 0.101. The maximum atomic E-state index is 5.83. The number of ether oxygens (including phenoxy) is 1. The molecule has 1 fully saturated rings. The van der Waals surface area contributed by atoms with E-state index >= 15 is 0 Å². The molecule has 0 spiro atoms. The van der Waals surface area contributed by atoms with E-state index in [0.29, 0.717) is 0 Å². The maximum absolute atomic E-state index is 5.83. The van der Waals surface area contributed by atoms with Crippen LogP contribution >= 0.6 is 0 Å². The second-order valence-corrected chi connectivity index (χ2v) is 6.11. The highest BCUT2D eigenvalue weighted by Gasteiger charge is 2.19. The van der Waals surface area contributed by atoms with Gasteiger partial charge in [-0.05, 0) is 56.9 Å². The molecule has 1 aliphatic heterocycles. The van der Waals surface area contributed by atoms with Crippen molar-refractivity contribution < 1.29 is 4.74 Å². The lowest BCUT2D eigenvalue weighted by Crippen LogP contribution is -2.26. The summed E-state index contributed by atoms with van der Waals surface area (Å²) in [6.07, 6.45) is 5.02. The van der Waals surface area contributed by atoms with Crippen molar-refractivity contribution in [2.45, 2.75) is 51.8 Å². The number of benzene rings is 1. The fourth-order valence-electron chi connectivity index (χ4n) is 2.92. The molecule has 21 heavy (non-hydrogen) atoms. The van der Waals surface area contributed by atoms with Gasteiger partial charge in [-0.2, -0.15) is 0 Å². The molecule has 1 aliphatic rings. The first kappa shape index (κ1) is 16.5. The van der Waals surface area contributed by atoms with Crippen LogP contribution in [0.1, 0.15) is 43.7 Å². The first-order chi connectivity index (χ1) is 10.3. The summed E-state index contributed by atoms with van der Waals surface area (Å²) in [5, 5.41) is 3.42. The van der Waals surface area contributed by atoms with Gasteiger partial charge in [-0.15, -0.1) is 0 Å². The van der Waals surface area contributed by atoms with Gasteiger partial charge in [-0.3, -0.25) is 0 Å². The van der Waals surface area contributed by atoms with Gasteiger partial charge >= 0.3 is 0 Å². The number of rotatable bonds is 9. The molecule has 0 aliphatic carbocycles. The molecule has 1 heterocycles. The Morgan fingerprint density at radius 1 is 1.24 bits per heavy atom. The van der Waals surface area contributed by atoms with Gasteiger partial charge < -0.3 is 15.0 Å². The van der Waals surface area contributed by atoms with E-state index in [1.54, 1.807) is 0 Å². The third kappa shape index (κ3) is 5.77. The largest absolute Gasteiger partial charge is 0.377 e. The van der Waals surface area contributed by atoms with E-state index in [1.165, 1.54) is 36.9 Å². The number of nitrogens with zero attached hydrogens (tertiary/aromatic N) is 1. The Hall–Kier alpha value is -0.900. The molecule has 1 N–H and O–H groups in total. The predicted molar refractivity (Wildman–Crippen MR) is 88.4 cm³/mol. The predicted octanol–water partition coefficient (Wildman–Crippen LogP) is 3.19. The van der Waals surface area contributed by atoms with Crippen molar-refractivity contribution in [2.24, 2.45) is 0 Å². The third-order valence-corrected chi connectivity index (χ3v) is 4.31. The molecule has 0 aromatic heterocycles. The fraction of sp³-hybridized carbons (Fsp3) is 0.667. The summed E-state index contributed by atoms with van der Waals surface area (Å²) in [6.45, 7) is 7.09. The van der Waals surface area contributed by atoms with Gasteiger partial charge in [-0.25, -0.2) is 0 Å². The van der Waals surface area contributed by atoms with Crippen molar-refractivity contribution in [1.82, 2.24) is 10.2 Å². The highest BCUT2D eigenvalue weighted by Crippen LogP contribution is 2.17. The summed E-state index contributed by atoms with van der Waals surface area (Å²) in [5.41, 5.74) is 2.62. The second-order valence-electron chi connectivity index (χ2n) is 6.11. The van der Waals surface area contributed by atoms with Crippen LogP contribution in [-0.2, 0) is 17.9 Å². The van der Waals surface area contributed by atoms with Gasteiger partial charge in [0.25, 0.3) is 0 Å². The van der Waals surface area contributed by atoms with Gasteiger partial charge in [0.05, 0.1) is 6.61 Å². The highest BCUT2D eigenvalue weighted by molar-refractivity contribution is 5.21. The molecule has 1 atom stereocenters. The van der Waals surface area contributed by atoms with E-state index in [4.69, 9.17) is 4.74 Å². The smallest absolute Gasteiger partial charge is 0.0716 e. The zero-order valence-electron chi connectivity index (χ0n) is 13.6. The fourth-order valence-corrected chi connectivity index (χ4v) is 2.92. The molecule has 0 bridgehead atoms. The van der Waals surface area contributed by atoms with Crippen molar-refractivity contribution in [2.75, 3.05) is 26.7 Å². The first-order valence-corrected chi connectivity index (χ1v) is 8.36. The molecule has 0 amide bonds. The zero-order valence-corrected chi connectivity index (χ0v) is 13.6. The summed E-state index contributed by atoms with van der Waals surface area (Å²) in [7, 11) is 2.23. The number of nitrogens with one attached hydrogen (secondary N) is 1. The van der Waals surface area contributed by atoms with Gasteiger partial charge in [0.15, 0.2) is 0 Å². The number of likely N-dealkylation sites (tertiary alicyclic amines) is 1. The monoisotopic (exact) mass is 290 g/mol. The Bertz CT molecular complexity index is 391. The van der Waals surface area contributed by atoms with Gasteiger partial charge in [0.1, 0.15) is 0 Å². The van der Waals surface area contributed by atoms with Crippen molar-refractivity contribution in [3.05, 3.63) is 35.4 Å². The summed E-state index contributed by atoms with van der Waals surface area (Å²) in [6, 6.07) is 9.50. The van der Waals surface area contributed by atoms with Crippen molar-refractivity contribution in [3.63, 3.8) is 0 Å². The zero-order chi connectivity index (χ0) is 14.9. The SMILES string of the molecule is CCCNCc1ccc(COCCC2CCCN2C)cc1. The summed E-state index contributed by atoms with van der Waals surface area (Å²) in [5.74, 6) is 0. The van der Waals surface area contributed by atoms with E-state index in [9.17, 15) is 0 Å². The first-order valence-electron chi connectivity index (χ1n) is 8.36. The molecule has 118 valence electrons. The molecule has 1 unspecified atom stereocenters. The Balaban J connectivity index is 1.62. The molecule has 2 rings (SSSR count). The van der Waals surface area contributed by atoms with E-state index < -0.39 is 0 Å². The van der Waals surface area contributed by atoms with Crippen LogP contribution in [0.2, 0.25) is 0 Å². The standard InChI is InChI=1S/C18H30N2O/c1-3-11-19-14-16-6-8-17(9-7-16)15-21-13-10-18-5-4-12-20(18)2/h6-9,18-19H,3-5,10-15H2,1-2H3. The molecule has 1 aromatic carbocycles. The summed E-state index contributed by atoms with van der Waals surface area (Å²) >= 11 is 0. The van der Waals surface area contributed by atoms with Crippen LogP contribution in [0.3, 0.4) is 0 Å². The van der Waals surface area contributed by atoms with E-state index in [2.05, 4.69) is 48.5 Å². The Labute approximate surface area is 129 Å². The minimum Gasteiger partial charge on any atom is -0.377 e. The van der Waals surface area contributed by atoms with Crippen LogP contribution in [0.5, 0.6) is 0 Å². The van der Waals surface area contributed by atoms with Gasteiger partial charge in [0, 0.05) is 19.2 Å². The van der Waals surface area contributed by atoms with Gasteiger partial charge in [-0.1, -0.05) is 31.2 Å². The average Bonchev–Trinajstić information content (AvgIpc) is 2.91. The topological polar surface area (TPSA) is 24.5 Å². The van der Waals surface area contributed by atoms with Crippen LogP contribution in [0.4, 0.5) is 0 Å².